The van der Waals surface area contributed by atoms with Crippen molar-refractivity contribution < 1.29 is 32.2 Å². The first-order chi connectivity index (χ1) is 17.2. The van der Waals surface area contributed by atoms with E-state index in [2.05, 4.69) is 21.0 Å². The van der Waals surface area contributed by atoms with Crippen molar-refractivity contribution in [2.45, 2.75) is 11.8 Å². The Labute approximate surface area is 216 Å². The lowest BCUT2D eigenvalue weighted by Crippen LogP contribution is -2.16. The molecular weight excluding hydrogens is 552 g/mol. The van der Waals surface area contributed by atoms with Gasteiger partial charge in [0.25, 0.3) is 10.0 Å². The fourth-order valence-corrected chi connectivity index (χ4v) is 5.87. The van der Waals surface area contributed by atoms with E-state index in [0.29, 0.717) is 21.4 Å². The molecule has 0 fully saturated rings. The van der Waals surface area contributed by atoms with Gasteiger partial charge in [-0.3, -0.25) is 4.79 Å². The number of nitrogens with zero attached hydrogens (tertiary/aromatic N) is 2. The summed E-state index contributed by atoms with van der Waals surface area (Å²) in [6.07, 6.45) is 0. The van der Waals surface area contributed by atoms with E-state index in [1.165, 1.54) is 52.7 Å². The third-order valence-electron chi connectivity index (χ3n) is 5.63. The molecule has 0 radical (unpaired) electrons. The van der Waals surface area contributed by atoms with Crippen LogP contribution in [0.15, 0.2) is 57.9 Å². The highest BCUT2D eigenvalue weighted by Gasteiger charge is 2.29. The molecule has 36 heavy (non-hydrogen) atoms. The van der Waals surface area contributed by atoms with Gasteiger partial charge in [-0.05, 0) is 59.3 Å². The molecule has 1 heterocycles. The van der Waals surface area contributed by atoms with E-state index in [9.17, 15) is 13.2 Å². The number of ketones is 1. The van der Waals surface area contributed by atoms with Crippen LogP contribution in [0.2, 0.25) is 0 Å². The maximum Gasteiger partial charge on any atom is 0.283 e. The molecule has 0 saturated heterocycles. The maximum absolute atomic E-state index is 13.7. The highest BCUT2D eigenvalue weighted by Crippen LogP contribution is 2.40. The molecule has 4 rings (SSSR count). The Morgan fingerprint density at radius 1 is 0.861 bits per heavy atom. The maximum atomic E-state index is 13.7. The second-order valence-corrected chi connectivity index (χ2v) is 10.3. The Morgan fingerprint density at radius 3 is 1.97 bits per heavy atom. The van der Waals surface area contributed by atoms with Crippen molar-refractivity contribution >= 4 is 42.6 Å². The minimum absolute atomic E-state index is 0.0269. The lowest BCUT2D eigenvalue weighted by atomic mass is 10.0. The Bertz CT molecular complexity index is 1550. The quantitative estimate of drug-likeness (QED) is 0.281. The number of carbonyl (C=O) groups excluding carboxylic acids is 1. The molecule has 3 aromatic carbocycles. The molecule has 11 heteroatoms. The first-order valence-electron chi connectivity index (χ1n) is 10.6. The van der Waals surface area contributed by atoms with Crippen molar-refractivity contribution in [3.05, 3.63) is 69.8 Å². The van der Waals surface area contributed by atoms with Gasteiger partial charge in [0, 0.05) is 10.9 Å². The predicted octanol–water partition coefficient (Wildman–Crippen LogP) is 4.61. The standard InChI is InChI=1S/C25H23BrN2O7S/c1-14-6-8-16(9-7-14)36(30,31)28-23-17(10-11-18(32-2)21(23)26)22(27-28)24(29)15-12-19(33-3)25(35-5)20(13-15)34-4/h6-13H,1-5H3. The van der Waals surface area contributed by atoms with Crippen LogP contribution in [0.3, 0.4) is 0 Å². The van der Waals surface area contributed by atoms with E-state index < -0.39 is 15.8 Å². The summed E-state index contributed by atoms with van der Waals surface area (Å²) < 4.78 is 49.9. The minimum Gasteiger partial charge on any atom is -0.495 e. The van der Waals surface area contributed by atoms with E-state index in [4.69, 9.17) is 18.9 Å². The van der Waals surface area contributed by atoms with E-state index in [1.807, 2.05) is 6.92 Å². The summed E-state index contributed by atoms with van der Waals surface area (Å²) in [7, 11) is 1.63. The predicted molar refractivity (Wildman–Crippen MR) is 137 cm³/mol. The molecule has 0 aliphatic heterocycles. The average Bonchev–Trinajstić information content (AvgIpc) is 3.29. The van der Waals surface area contributed by atoms with Crippen molar-refractivity contribution in [2.24, 2.45) is 0 Å². The van der Waals surface area contributed by atoms with Crippen molar-refractivity contribution in [3.8, 4) is 23.0 Å². The Morgan fingerprint density at radius 2 is 1.44 bits per heavy atom. The number of benzene rings is 3. The number of carbonyl (C=O) groups is 1. The summed E-state index contributed by atoms with van der Waals surface area (Å²) in [4.78, 5) is 13.7. The zero-order valence-electron chi connectivity index (χ0n) is 20.2. The molecule has 1 aromatic heterocycles. The number of aromatic nitrogens is 2. The van der Waals surface area contributed by atoms with Gasteiger partial charge in [0.15, 0.2) is 11.5 Å². The van der Waals surface area contributed by atoms with Gasteiger partial charge in [-0.15, -0.1) is 0 Å². The number of aryl methyl sites for hydroxylation is 1. The second-order valence-electron chi connectivity index (χ2n) is 7.73. The molecule has 0 amide bonds. The Balaban J connectivity index is 1.99. The molecule has 0 bridgehead atoms. The molecule has 4 aromatic rings. The van der Waals surface area contributed by atoms with Gasteiger partial charge in [0.1, 0.15) is 17.0 Å². The number of rotatable bonds is 8. The smallest absolute Gasteiger partial charge is 0.283 e. The van der Waals surface area contributed by atoms with Crippen LogP contribution in [0, 0.1) is 6.92 Å². The first kappa shape index (κ1) is 25.5. The van der Waals surface area contributed by atoms with Crippen molar-refractivity contribution in [3.63, 3.8) is 0 Å². The fraction of sp³-hybridized carbons (Fsp3) is 0.200. The van der Waals surface area contributed by atoms with Crippen LogP contribution in [-0.2, 0) is 10.0 Å². The first-order valence-corrected chi connectivity index (χ1v) is 12.8. The molecule has 9 nitrogen and oxygen atoms in total. The highest BCUT2D eigenvalue weighted by molar-refractivity contribution is 9.10. The summed E-state index contributed by atoms with van der Waals surface area (Å²) in [6, 6.07) is 12.6. The van der Waals surface area contributed by atoms with E-state index >= 15 is 0 Å². The second kappa shape index (κ2) is 9.82. The summed E-state index contributed by atoms with van der Waals surface area (Å²) >= 11 is 3.43. The molecule has 0 atom stereocenters. The number of ether oxygens (including phenoxy) is 4. The molecule has 0 unspecified atom stereocenters. The number of hydrogen-bond donors (Lipinski definition) is 0. The van der Waals surface area contributed by atoms with Gasteiger partial charge in [0.2, 0.25) is 11.5 Å². The van der Waals surface area contributed by atoms with Crippen LogP contribution in [0.1, 0.15) is 21.6 Å². The number of halogens is 1. The van der Waals surface area contributed by atoms with Crippen molar-refractivity contribution in [2.75, 3.05) is 28.4 Å². The van der Waals surface area contributed by atoms with Gasteiger partial charge in [-0.1, -0.05) is 17.7 Å². The zero-order chi connectivity index (χ0) is 26.2. The van der Waals surface area contributed by atoms with Crippen LogP contribution in [0.5, 0.6) is 23.0 Å². The van der Waals surface area contributed by atoms with Gasteiger partial charge in [-0.2, -0.15) is 17.6 Å². The Kier molecular flexibility index (Phi) is 6.96. The van der Waals surface area contributed by atoms with Crippen LogP contribution in [0.25, 0.3) is 10.9 Å². The summed E-state index contributed by atoms with van der Waals surface area (Å²) in [5, 5.41) is 4.62. The van der Waals surface area contributed by atoms with Gasteiger partial charge >= 0.3 is 0 Å². The molecule has 0 saturated carbocycles. The van der Waals surface area contributed by atoms with Crippen LogP contribution < -0.4 is 18.9 Å². The molecule has 188 valence electrons. The zero-order valence-corrected chi connectivity index (χ0v) is 22.6. The lowest BCUT2D eigenvalue weighted by Gasteiger charge is -2.13. The van der Waals surface area contributed by atoms with Crippen LogP contribution >= 0.6 is 15.9 Å². The van der Waals surface area contributed by atoms with Gasteiger partial charge in [-0.25, -0.2) is 0 Å². The summed E-state index contributed by atoms with van der Waals surface area (Å²) in [5.74, 6) is 0.725. The molecule has 0 aliphatic rings. The lowest BCUT2D eigenvalue weighted by molar-refractivity contribution is 0.103. The van der Waals surface area contributed by atoms with Crippen molar-refractivity contribution in [1.29, 1.82) is 0 Å². The molecule has 0 spiro atoms. The minimum atomic E-state index is -4.16. The van der Waals surface area contributed by atoms with Crippen molar-refractivity contribution in [1.82, 2.24) is 9.19 Å². The highest BCUT2D eigenvalue weighted by atomic mass is 79.9. The topological polar surface area (TPSA) is 106 Å². The largest absolute Gasteiger partial charge is 0.495 e. The summed E-state index contributed by atoms with van der Waals surface area (Å²) in [6.45, 7) is 1.86. The third kappa shape index (κ3) is 4.18. The number of fused-ring (bicyclic) bond motifs is 1. The molecule has 0 aliphatic carbocycles. The van der Waals surface area contributed by atoms with E-state index in [0.717, 1.165) is 9.65 Å². The fourth-order valence-electron chi connectivity index (χ4n) is 3.78. The summed E-state index contributed by atoms with van der Waals surface area (Å²) in [5.41, 5.74) is 1.18. The van der Waals surface area contributed by atoms with E-state index in [-0.39, 0.29) is 33.2 Å². The van der Waals surface area contributed by atoms with Gasteiger partial charge in [0.05, 0.1) is 37.8 Å². The number of hydrogen-bond acceptors (Lipinski definition) is 8. The van der Waals surface area contributed by atoms with Crippen LogP contribution in [0.4, 0.5) is 0 Å². The van der Waals surface area contributed by atoms with Crippen LogP contribution in [-0.4, -0.2) is 51.8 Å². The normalized spacial score (nSPS) is 11.4. The third-order valence-corrected chi connectivity index (χ3v) is 7.98. The van der Waals surface area contributed by atoms with Gasteiger partial charge < -0.3 is 18.9 Å². The Hall–Kier alpha value is -3.57. The SMILES string of the molecule is COc1cc(C(=O)c2nn(S(=O)(=O)c3ccc(C)cc3)c3c(Br)c(OC)ccc23)cc(OC)c1OC. The average molecular weight is 575 g/mol. The monoisotopic (exact) mass is 574 g/mol. The molecule has 0 N–H and O–H groups in total. The molecular formula is C25H23BrN2O7S. The number of methoxy groups -OCH3 is 4. The van der Waals surface area contributed by atoms with E-state index in [1.54, 1.807) is 24.3 Å².